The fraction of sp³-hybridized carbons (Fsp3) is 0.0870. The Hall–Kier alpha value is -4.13. The summed E-state index contributed by atoms with van der Waals surface area (Å²) in [5.41, 5.74) is 4.91. The number of benzene rings is 3. The number of carbonyl (C=O) groups excluding carboxylic acids is 2. The van der Waals surface area contributed by atoms with E-state index in [-0.39, 0.29) is 11.7 Å². The molecule has 0 fully saturated rings. The largest absolute Gasteiger partial charge is 0.508 e. The van der Waals surface area contributed by atoms with Crippen molar-refractivity contribution >= 4 is 18.1 Å². The highest BCUT2D eigenvalue weighted by Gasteiger charge is 2.05. The lowest BCUT2D eigenvalue weighted by Crippen LogP contribution is -2.17. The summed E-state index contributed by atoms with van der Waals surface area (Å²) in [7, 11) is 1.34. The number of rotatable bonds is 7. The van der Waals surface area contributed by atoms with Gasteiger partial charge in [0.25, 0.3) is 5.91 Å². The van der Waals surface area contributed by atoms with Crippen molar-refractivity contribution < 1.29 is 24.2 Å². The van der Waals surface area contributed by atoms with Crippen LogP contribution in [-0.4, -0.2) is 30.3 Å². The highest BCUT2D eigenvalue weighted by molar-refractivity contribution is 5.95. The third-order valence-corrected chi connectivity index (χ3v) is 4.15. The Morgan fingerprint density at radius 3 is 2.40 bits per heavy atom. The molecule has 0 atom stereocenters. The number of carbonyl (C=O) groups is 2. The van der Waals surface area contributed by atoms with Crippen molar-refractivity contribution in [1.82, 2.24) is 5.43 Å². The summed E-state index contributed by atoms with van der Waals surface area (Å²) in [4.78, 5) is 23.4. The molecule has 2 N–H and O–H groups in total. The first kappa shape index (κ1) is 20.6. The van der Waals surface area contributed by atoms with Gasteiger partial charge in [-0.05, 0) is 65.7 Å². The maximum absolute atomic E-state index is 12.0. The van der Waals surface area contributed by atoms with E-state index in [9.17, 15) is 14.7 Å². The molecular weight excluding hydrogens is 384 g/mol. The fourth-order valence-corrected chi connectivity index (χ4v) is 2.55. The van der Waals surface area contributed by atoms with Crippen LogP contribution in [0.3, 0.4) is 0 Å². The summed E-state index contributed by atoms with van der Waals surface area (Å²) >= 11 is 0. The van der Waals surface area contributed by atoms with Gasteiger partial charge in [-0.15, -0.1) is 0 Å². The zero-order valence-electron chi connectivity index (χ0n) is 16.2. The third-order valence-electron chi connectivity index (χ3n) is 4.15. The Morgan fingerprint density at radius 2 is 1.73 bits per heavy atom. The molecule has 0 radical (unpaired) electrons. The highest BCUT2D eigenvalue weighted by Crippen LogP contribution is 2.14. The number of hydrazone groups is 1. The lowest BCUT2D eigenvalue weighted by atomic mass is 10.1. The van der Waals surface area contributed by atoms with Gasteiger partial charge >= 0.3 is 5.97 Å². The van der Waals surface area contributed by atoms with Crippen molar-refractivity contribution in [2.45, 2.75) is 6.61 Å². The standard InChI is InChI=1S/C23H20N2O5/c1-29-23(28)18-9-5-17(6-10-18)15-30-21-11-7-16(8-12-21)14-24-25-22(27)19-3-2-4-20(26)13-19/h2-14,26H,15H2,1H3,(H,25,27)/b24-14-. The van der Waals surface area contributed by atoms with Crippen LogP contribution < -0.4 is 10.2 Å². The number of phenols is 1. The minimum Gasteiger partial charge on any atom is -0.508 e. The van der Waals surface area contributed by atoms with E-state index in [1.54, 1.807) is 48.5 Å². The van der Waals surface area contributed by atoms with Gasteiger partial charge in [-0.3, -0.25) is 4.79 Å². The van der Waals surface area contributed by atoms with Gasteiger partial charge in [-0.2, -0.15) is 5.10 Å². The summed E-state index contributed by atoms with van der Waals surface area (Å²) in [6.07, 6.45) is 1.51. The first-order valence-corrected chi connectivity index (χ1v) is 9.08. The fourth-order valence-electron chi connectivity index (χ4n) is 2.55. The number of aromatic hydroxyl groups is 1. The van der Waals surface area contributed by atoms with Gasteiger partial charge in [0.1, 0.15) is 18.1 Å². The van der Waals surface area contributed by atoms with Crippen LogP contribution in [-0.2, 0) is 11.3 Å². The van der Waals surface area contributed by atoms with Gasteiger partial charge in [0.2, 0.25) is 0 Å². The van der Waals surface area contributed by atoms with Gasteiger partial charge < -0.3 is 14.6 Å². The normalized spacial score (nSPS) is 10.6. The van der Waals surface area contributed by atoms with Gasteiger partial charge in [0.05, 0.1) is 18.9 Å². The van der Waals surface area contributed by atoms with Crippen LogP contribution in [0.25, 0.3) is 0 Å². The van der Waals surface area contributed by atoms with E-state index >= 15 is 0 Å². The minimum atomic E-state index is -0.416. The van der Waals surface area contributed by atoms with Crippen LogP contribution in [0, 0.1) is 0 Å². The van der Waals surface area contributed by atoms with Crippen molar-refractivity contribution in [3.63, 3.8) is 0 Å². The van der Waals surface area contributed by atoms with E-state index in [0.717, 1.165) is 11.1 Å². The van der Waals surface area contributed by atoms with E-state index in [0.29, 0.717) is 23.5 Å². The van der Waals surface area contributed by atoms with Gasteiger partial charge in [-0.25, -0.2) is 10.2 Å². The van der Waals surface area contributed by atoms with E-state index in [1.165, 1.54) is 25.5 Å². The number of esters is 1. The maximum Gasteiger partial charge on any atom is 0.337 e. The topological polar surface area (TPSA) is 97.2 Å². The number of hydrogen-bond donors (Lipinski definition) is 2. The molecule has 30 heavy (non-hydrogen) atoms. The average Bonchev–Trinajstić information content (AvgIpc) is 2.78. The zero-order valence-corrected chi connectivity index (χ0v) is 16.2. The van der Waals surface area contributed by atoms with Gasteiger partial charge in [-0.1, -0.05) is 18.2 Å². The maximum atomic E-state index is 12.0. The second kappa shape index (κ2) is 9.88. The quantitative estimate of drug-likeness (QED) is 0.357. The van der Waals surface area contributed by atoms with Crippen LogP contribution in [0.5, 0.6) is 11.5 Å². The molecule has 0 bridgehead atoms. The monoisotopic (exact) mass is 404 g/mol. The van der Waals surface area contributed by atoms with Crippen molar-refractivity contribution in [2.24, 2.45) is 5.10 Å². The molecule has 0 heterocycles. The molecular formula is C23H20N2O5. The van der Waals surface area contributed by atoms with E-state index in [2.05, 4.69) is 15.3 Å². The lowest BCUT2D eigenvalue weighted by molar-refractivity contribution is 0.0600. The van der Waals surface area contributed by atoms with Crippen LogP contribution in [0.1, 0.15) is 31.8 Å². The second-order valence-electron chi connectivity index (χ2n) is 6.30. The van der Waals surface area contributed by atoms with E-state index in [1.807, 2.05) is 12.1 Å². The molecule has 0 saturated carbocycles. The molecule has 0 aliphatic rings. The Bertz CT molecular complexity index is 1040. The summed E-state index contributed by atoms with van der Waals surface area (Å²) in [5, 5.41) is 13.3. The molecule has 0 aliphatic heterocycles. The van der Waals surface area contributed by atoms with E-state index < -0.39 is 5.91 Å². The number of hydrogen-bond acceptors (Lipinski definition) is 6. The summed E-state index contributed by atoms with van der Waals surface area (Å²) in [6.45, 7) is 0.356. The number of nitrogens with one attached hydrogen (secondary N) is 1. The molecule has 0 unspecified atom stereocenters. The molecule has 1 amide bonds. The molecule has 0 aliphatic carbocycles. The number of amides is 1. The predicted molar refractivity (Wildman–Crippen MR) is 112 cm³/mol. The van der Waals surface area contributed by atoms with Crippen molar-refractivity contribution in [3.05, 3.63) is 95.1 Å². The van der Waals surface area contributed by atoms with Gasteiger partial charge in [0, 0.05) is 5.56 Å². The molecule has 152 valence electrons. The van der Waals surface area contributed by atoms with Crippen molar-refractivity contribution in [1.29, 1.82) is 0 Å². The average molecular weight is 404 g/mol. The Kier molecular flexibility index (Phi) is 6.78. The van der Waals surface area contributed by atoms with Crippen molar-refractivity contribution in [3.8, 4) is 11.5 Å². The van der Waals surface area contributed by atoms with Gasteiger partial charge in [0.15, 0.2) is 0 Å². The summed E-state index contributed by atoms with van der Waals surface area (Å²) < 4.78 is 10.4. The molecule has 7 heteroatoms. The highest BCUT2D eigenvalue weighted by atomic mass is 16.5. The second-order valence-corrected chi connectivity index (χ2v) is 6.30. The molecule has 3 rings (SSSR count). The Morgan fingerprint density at radius 1 is 1.00 bits per heavy atom. The molecule has 3 aromatic carbocycles. The zero-order chi connectivity index (χ0) is 21.3. The predicted octanol–water partition coefficient (Wildman–Crippen LogP) is 3.52. The first-order valence-electron chi connectivity index (χ1n) is 9.08. The lowest BCUT2D eigenvalue weighted by Gasteiger charge is -2.07. The molecule has 0 spiro atoms. The number of ether oxygens (including phenoxy) is 2. The molecule has 0 aromatic heterocycles. The van der Waals surface area contributed by atoms with Crippen LogP contribution >= 0.6 is 0 Å². The third kappa shape index (κ3) is 5.68. The van der Waals surface area contributed by atoms with Crippen molar-refractivity contribution in [2.75, 3.05) is 7.11 Å². The number of methoxy groups -OCH3 is 1. The smallest absolute Gasteiger partial charge is 0.337 e. The Labute approximate surface area is 173 Å². The number of nitrogens with zero attached hydrogens (tertiary/aromatic N) is 1. The van der Waals surface area contributed by atoms with Crippen LogP contribution in [0.15, 0.2) is 77.9 Å². The van der Waals surface area contributed by atoms with Crippen LogP contribution in [0.2, 0.25) is 0 Å². The molecule has 0 saturated heterocycles. The minimum absolute atomic E-state index is 0.0154. The Balaban J connectivity index is 1.50. The van der Waals surface area contributed by atoms with Crippen LogP contribution in [0.4, 0.5) is 0 Å². The summed E-state index contributed by atoms with van der Waals surface area (Å²) in [6, 6.07) is 20.2. The molecule has 7 nitrogen and oxygen atoms in total. The van der Waals surface area contributed by atoms with E-state index in [4.69, 9.17) is 4.74 Å². The number of phenolic OH excluding ortho intramolecular Hbond substituents is 1. The molecule has 3 aromatic rings. The first-order chi connectivity index (χ1) is 14.5. The SMILES string of the molecule is COC(=O)c1ccc(COc2ccc(/C=N\NC(=O)c3cccc(O)c3)cc2)cc1. The summed E-state index contributed by atoms with van der Waals surface area (Å²) in [5.74, 6) is -0.104.